The first-order valence-electron chi connectivity index (χ1n) is 6.64. The maximum Gasteiger partial charge on any atom is 0.0854 e. The lowest BCUT2D eigenvalue weighted by Gasteiger charge is -2.10. The van der Waals surface area contributed by atoms with Crippen LogP contribution in [0.1, 0.15) is 49.8 Å². The predicted molar refractivity (Wildman–Crippen MR) is 74.5 cm³/mol. The van der Waals surface area contributed by atoms with Gasteiger partial charge in [-0.15, -0.1) is 0 Å². The zero-order valence-electron chi connectivity index (χ0n) is 11.1. The van der Waals surface area contributed by atoms with Crippen molar-refractivity contribution in [2.75, 3.05) is 0 Å². The summed E-state index contributed by atoms with van der Waals surface area (Å²) in [5, 5.41) is 9.13. The second kappa shape index (κ2) is 7.16. The Bertz CT molecular complexity index is 366. The molecule has 0 heterocycles. The van der Waals surface area contributed by atoms with E-state index in [1.807, 2.05) is 0 Å². The molecule has 0 atom stereocenters. The summed E-state index contributed by atoms with van der Waals surface area (Å²) in [6, 6.07) is 6.74. The van der Waals surface area contributed by atoms with E-state index in [4.69, 9.17) is 5.11 Å². The third kappa shape index (κ3) is 4.64. The summed E-state index contributed by atoms with van der Waals surface area (Å²) in [6.45, 7) is 7.97. The monoisotopic (exact) mass is 232 g/mol. The van der Waals surface area contributed by atoms with Gasteiger partial charge in [-0.05, 0) is 36.0 Å². The Morgan fingerprint density at radius 3 is 2.29 bits per heavy atom. The molecule has 0 amide bonds. The van der Waals surface area contributed by atoms with E-state index in [0.717, 1.165) is 12.8 Å². The molecule has 0 radical (unpaired) electrons. The smallest absolute Gasteiger partial charge is 0.0854 e. The van der Waals surface area contributed by atoms with Gasteiger partial charge in [-0.3, -0.25) is 0 Å². The number of aryl methyl sites for hydroxylation is 3. The number of aliphatic hydroxyl groups excluding tert-OH is 1. The van der Waals surface area contributed by atoms with E-state index in [1.54, 1.807) is 0 Å². The van der Waals surface area contributed by atoms with Crippen LogP contribution in [0.15, 0.2) is 30.5 Å². The fourth-order valence-corrected chi connectivity index (χ4v) is 2.14. The molecule has 17 heavy (non-hydrogen) atoms. The average molecular weight is 232 g/mol. The SMILES string of the molecule is C=C(O)CCc1ccc(CCC)c(CCC)c1. The minimum Gasteiger partial charge on any atom is -0.513 e. The normalized spacial score (nSPS) is 10.5. The van der Waals surface area contributed by atoms with Crippen LogP contribution in [0.25, 0.3) is 0 Å². The molecule has 1 N–H and O–H groups in total. The molecule has 1 aromatic rings. The van der Waals surface area contributed by atoms with Crippen LogP contribution in [-0.4, -0.2) is 5.11 Å². The number of hydrogen-bond donors (Lipinski definition) is 1. The molecule has 1 rings (SSSR count). The molecule has 1 heteroatoms. The largest absolute Gasteiger partial charge is 0.513 e. The van der Waals surface area contributed by atoms with Gasteiger partial charge in [0.2, 0.25) is 0 Å². The maximum absolute atomic E-state index is 9.13. The minimum atomic E-state index is 0.277. The number of hydrogen-bond acceptors (Lipinski definition) is 1. The van der Waals surface area contributed by atoms with Gasteiger partial charge in [0.1, 0.15) is 0 Å². The van der Waals surface area contributed by atoms with Gasteiger partial charge in [-0.1, -0.05) is 51.5 Å². The van der Waals surface area contributed by atoms with Crippen LogP contribution in [0.5, 0.6) is 0 Å². The predicted octanol–water partition coefficient (Wildman–Crippen LogP) is 4.60. The van der Waals surface area contributed by atoms with E-state index in [9.17, 15) is 0 Å². The number of benzene rings is 1. The van der Waals surface area contributed by atoms with E-state index in [-0.39, 0.29) is 5.76 Å². The molecule has 0 aliphatic rings. The van der Waals surface area contributed by atoms with Crippen molar-refractivity contribution >= 4 is 0 Å². The highest BCUT2D eigenvalue weighted by Gasteiger charge is 2.03. The van der Waals surface area contributed by atoms with E-state index in [0.29, 0.717) is 6.42 Å². The summed E-state index contributed by atoms with van der Waals surface area (Å²) in [5.74, 6) is 0.277. The van der Waals surface area contributed by atoms with E-state index in [2.05, 4.69) is 38.6 Å². The highest BCUT2D eigenvalue weighted by Crippen LogP contribution is 2.17. The summed E-state index contributed by atoms with van der Waals surface area (Å²) in [5.41, 5.74) is 4.28. The van der Waals surface area contributed by atoms with E-state index in [1.165, 1.54) is 36.0 Å². The Labute approximate surface area is 105 Å². The Hall–Kier alpha value is -1.24. The van der Waals surface area contributed by atoms with Gasteiger partial charge in [-0.2, -0.15) is 0 Å². The molecule has 0 fully saturated rings. The van der Waals surface area contributed by atoms with E-state index >= 15 is 0 Å². The van der Waals surface area contributed by atoms with Gasteiger partial charge in [0.15, 0.2) is 0 Å². The third-order valence-electron chi connectivity index (χ3n) is 3.01. The summed E-state index contributed by atoms with van der Waals surface area (Å²) in [4.78, 5) is 0. The standard InChI is InChI=1S/C16H24O/c1-4-6-15-11-10-14(9-8-13(3)17)12-16(15)7-5-2/h10-12,17H,3-9H2,1-2H3. The van der Waals surface area contributed by atoms with Crippen molar-refractivity contribution in [2.45, 2.75) is 52.4 Å². The molecule has 0 spiro atoms. The molecule has 0 saturated carbocycles. The highest BCUT2D eigenvalue weighted by molar-refractivity contribution is 5.32. The molecule has 1 aromatic carbocycles. The zero-order valence-corrected chi connectivity index (χ0v) is 11.1. The van der Waals surface area contributed by atoms with Crippen LogP contribution in [0.3, 0.4) is 0 Å². The Balaban J connectivity index is 2.80. The third-order valence-corrected chi connectivity index (χ3v) is 3.01. The Morgan fingerprint density at radius 2 is 1.71 bits per heavy atom. The van der Waals surface area contributed by atoms with Crippen LogP contribution in [0.4, 0.5) is 0 Å². The van der Waals surface area contributed by atoms with Crippen molar-refractivity contribution in [3.05, 3.63) is 47.2 Å². The van der Waals surface area contributed by atoms with Gasteiger partial charge in [0.25, 0.3) is 0 Å². The van der Waals surface area contributed by atoms with Crippen LogP contribution in [0, 0.1) is 0 Å². The second-order valence-electron chi connectivity index (χ2n) is 4.67. The first-order valence-corrected chi connectivity index (χ1v) is 6.64. The molecule has 0 unspecified atom stereocenters. The average Bonchev–Trinajstić information content (AvgIpc) is 2.30. The number of rotatable bonds is 7. The lowest BCUT2D eigenvalue weighted by Crippen LogP contribution is -1.97. The van der Waals surface area contributed by atoms with Crippen molar-refractivity contribution in [3.63, 3.8) is 0 Å². The number of aliphatic hydroxyl groups is 1. The zero-order chi connectivity index (χ0) is 12.7. The molecule has 0 saturated heterocycles. The van der Waals surface area contributed by atoms with Crippen molar-refractivity contribution < 1.29 is 5.11 Å². The number of allylic oxidation sites excluding steroid dienone is 1. The first-order chi connectivity index (χ1) is 8.17. The fourth-order valence-electron chi connectivity index (χ4n) is 2.14. The minimum absolute atomic E-state index is 0.277. The lowest BCUT2D eigenvalue weighted by atomic mass is 9.95. The molecule has 0 aromatic heterocycles. The topological polar surface area (TPSA) is 20.2 Å². The molecule has 1 nitrogen and oxygen atoms in total. The van der Waals surface area contributed by atoms with Crippen molar-refractivity contribution in [2.24, 2.45) is 0 Å². The van der Waals surface area contributed by atoms with Gasteiger partial charge < -0.3 is 5.11 Å². The summed E-state index contributed by atoms with van der Waals surface area (Å²) in [6.07, 6.45) is 6.26. The molecular formula is C16H24O. The fraction of sp³-hybridized carbons (Fsp3) is 0.500. The van der Waals surface area contributed by atoms with E-state index < -0.39 is 0 Å². The molecule has 0 aliphatic heterocycles. The van der Waals surface area contributed by atoms with Crippen LogP contribution in [0.2, 0.25) is 0 Å². The van der Waals surface area contributed by atoms with Gasteiger partial charge in [0, 0.05) is 6.42 Å². The quantitative estimate of drug-likeness (QED) is 0.681. The Morgan fingerprint density at radius 1 is 1.06 bits per heavy atom. The first kappa shape index (κ1) is 13.8. The van der Waals surface area contributed by atoms with Crippen molar-refractivity contribution in [1.82, 2.24) is 0 Å². The lowest BCUT2D eigenvalue weighted by molar-refractivity contribution is 0.391. The highest BCUT2D eigenvalue weighted by atomic mass is 16.3. The summed E-state index contributed by atoms with van der Waals surface area (Å²) in [7, 11) is 0. The Kier molecular flexibility index (Phi) is 5.82. The van der Waals surface area contributed by atoms with Gasteiger partial charge in [0.05, 0.1) is 5.76 Å². The van der Waals surface area contributed by atoms with Crippen LogP contribution < -0.4 is 0 Å². The van der Waals surface area contributed by atoms with Crippen molar-refractivity contribution in [1.29, 1.82) is 0 Å². The molecule has 0 aliphatic carbocycles. The summed E-state index contributed by atoms with van der Waals surface area (Å²) < 4.78 is 0. The van der Waals surface area contributed by atoms with Gasteiger partial charge in [-0.25, -0.2) is 0 Å². The van der Waals surface area contributed by atoms with Gasteiger partial charge >= 0.3 is 0 Å². The second-order valence-corrected chi connectivity index (χ2v) is 4.67. The molecular weight excluding hydrogens is 208 g/mol. The van der Waals surface area contributed by atoms with Crippen molar-refractivity contribution in [3.8, 4) is 0 Å². The molecule has 94 valence electrons. The summed E-state index contributed by atoms with van der Waals surface area (Å²) >= 11 is 0. The van der Waals surface area contributed by atoms with Crippen LogP contribution >= 0.6 is 0 Å². The van der Waals surface area contributed by atoms with Crippen LogP contribution in [-0.2, 0) is 19.3 Å². The molecule has 0 bridgehead atoms. The maximum atomic E-state index is 9.13.